The van der Waals surface area contributed by atoms with Gasteiger partial charge in [-0.2, -0.15) is 0 Å². The van der Waals surface area contributed by atoms with Crippen LogP contribution in [0.5, 0.6) is 5.75 Å². The summed E-state index contributed by atoms with van der Waals surface area (Å²) in [7, 11) is 1.52. The van der Waals surface area contributed by atoms with E-state index in [2.05, 4.69) is 15.3 Å². The smallest absolute Gasteiger partial charge is 0.261 e. The SMILES string of the molecule is COc1cc(-n2cccc2)c(Cl)cc1C(=O)Nc1nc(-c2cccnc2)cs1. The van der Waals surface area contributed by atoms with E-state index in [-0.39, 0.29) is 5.91 Å². The summed E-state index contributed by atoms with van der Waals surface area (Å²) in [6.07, 6.45) is 7.17. The first-order chi connectivity index (χ1) is 13.7. The van der Waals surface area contributed by atoms with Crippen molar-refractivity contribution in [2.45, 2.75) is 0 Å². The number of halogens is 1. The van der Waals surface area contributed by atoms with Crippen molar-refractivity contribution in [2.75, 3.05) is 12.4 Å². The van der Waals surface area contributed by atoms with Crippen LogP contribution in [0.15, 0.2) is 66.6 Å². The van der Waals surface area contributed by atoms with E-state index >= 15 is 0 Å². The Morgan fingerprint density at radius 2 is 2.07 bits per heavy atom. The van der Waals surface area contributed by atoms with Gasteiger partial charge in [0.1, 0.15) is 5.75 Å². The third-order valence-electron chi connectivity index (χ3n) is 4.08. The van der Waals surface area contributed by atoms with Crippen molar-refractivity contribution in [2.24, 2.45) is 0 Å². The zero-order chi connectivity index (χ0) is 19.5. The van der Waals surface area contributed by atoms with Gasteiger partial charge < -0.3 is 9.30 Å². The highest BCUT2D eigenvalue weighted by molar-refractivity contribution is 7.14. The number of anilines is 1. The van der Waals surface area contributed by atoms with Crippen LogP contribution in [0.4, 0.5) is 5.13 Å². The van der Waals surface area contributed by atoms with Gasteiger partial charge in [0.05, 0.1) is 29.1 Å². The van der Waals surface area contributed by atoms with Gasteiger partial charge in [-0.3, -0.25) is 15.1 Å². The van der Waals surface area contributed by atoms with Crippen molar-refractivity contribution in [3.8, 4) is 22.7 Å². The second-order valence-electron chi connectivity index (χ2n) is 5.83. The first kappa shape index (κ1) is 18.2. The highest BCUT2D eigenvalue weighted by Crippen LogP contribution is 2.31. The molecular weight excluding hydrogens is 396 g/mol. The molecule has 0 aliphatic heterocycles. The number of benzene rings is 1. The summed E-state index contributed by atoms with van der Waals surface area (Å²) in [6, 6.07) is 10.9. The highest BCUT2D eigenvalue weighted by Gasteiger charge is 2.18. The number of nitrogens with zero attached hydrogens (tertiary/aromatic N) is 3. The number of hydrogen-bond acceptors (Lipinski definition) is 5. The maximum Gasteiger partial charge on any atom is 0.261 e. The second kappa shape index (κ2) is 7.84. The van der Waals surface area contributed by atoms with Crippen molar-refractivity contribution < 1.29 is 9.53 Å². The zero-order valence-electron chi connectivity index (χ0n) is 14.8. The van der Waals surface area contributed by atoms with Gasteiger partial charge in [0.15, 0.2) is 5.13 Å². The van der Waals surface area contributed by atoms with Crippen LogP contribution >= 0.6 is 22.9 Å². The lowest BCUT2D eigenvalue weighted by molar-refractivity contribution is 0.102. The van der Waals surface area contributed by atoms with E-state index < -0.39 is 0 Å². The number of carbonyl (C=O) groups excluding carboxylic acids is 1. The summed E-state index contributed by atoms with van der Waals surface area (Å²) in [6.45, 7) is 0. The number of nitrogens with one attached hydrogen (secondary N) is 1. The molecule has 4 aromatic rings. The fourth-order valence-corrected chi connectivity index (χ4v) is 3.70. The number of carbonyl (C=O) groups is 1. The Bertz CT molecular complexity index is 1110. The number of thiazole rings is 1. The van der Waals surface area contributed by atoms with E-state index in [1.807, 2.05) is 46.6 Å². The molecule has 1 amide bonds. The molecule has 0 saturated carbocycles. The molecule has 0 saturated heterocycles. The first-order valence-corrected chi connectivity index (χ1v) is 9.59. The third-order valence-corrected chi connectivity index (χ3v) is 5.14. The van der Waals surface area contributed by atoms with Crippen LogP contribution < -0.4 is 10.1 Å². The van der Waals surface area contributed by atoms with Gasteiger partial charge >= 0.3 is 0 Å². The number of amides is 1. The lowest BCUT2D eigenvalue weighted by atomic mass is 10.1. The molecule has 1 N–H and O–H groups in total. The van der Waals surface area contributed by atoms with Crippen molar-refractivity contribution in [3.63, 3.8) is 0 Å². The molecule has 0 radical (unpaired) electrons. The molecule has 4 rings (SSSR count). The summed E-state index contributed by atoms with van der Waals surface area (Å²) in [5, 5.41) is 5.60. The van der Waals surface area contributed by atoms with Crippen LogP contribution in [0.1, 0.15) is 10.4 Å². The molecule has 0 aliphatic carbocycles. The monoisotopic (exact) mass is 410 g/mol. The van der Waals surface area contributed by atoms with Crippen LogP contribution in [-0.4, -0.2) is 27.6 Å². The average molecular weight is 411 g/mol. The Morgan fingerprint density at radius 3 is 2.79 bits per heavy atom. The molecule has 0 bridgehead atoms. The number of aromatic nitrogens is 3. The third kappa shape index (κ3) is 3.62. The summed E-state index contributed by atoms with van der Waals surface area (Å²) >= 11 is 7.74. The van der Waals surface area contributed by atoms with E-state index in [9.17, 15) is 4.79 Å². The highest BCUT2D eigenvalue weighted by atomic mass is 35.5. The van der Waals surface area contributed by atoms with Gasteiger partial charge in [-0.1, -0.05) is 11.6 Å². The molecule has 3 aromatic heterocycles. The predicted octanol–water partition coefficient (Wildman–Crippen LogP) is 4.91. The Labute approximate surface area is 170 Å². The summed E-state index contributed by atoms with van der Waals surface area (Å²) < 4.78 is 7.27. The van der Waals surface area contributed by atoms with E-state index in [0.717, 1.165) is 16.9 Å². The van der Waals surface area contributed by atoms with Gasteiger partial charge in [-0.15, -0.1) is 11.3 Å². The minimum atomic E-state index is -0.343. The Balaban J connectivity index is 1.60. The second-order valence-corrected chi connectivity index (χ2v) is 7.09. The largest absolute Gasteiger partial charge is 0.496 e. The molecule has 0 aliphatic rings. The normalized spacial score (nSPS) is 10.6. The lowest BCUT2D eigenvalue weighted by Gasteiger charge is -2.13. The van der Waals surface area contributed by atoms with Crippen LogP contribution in [-0.2, 0) is 0 Å². The summed E-state index contributed by atoms with van der Waals surface area (Å²) in [5.41, 5.74) is 2.70. The number of ether oxygens (including phenoxy) is 1. The molecule has 28 heavy (non-hydrogen) atoms. The lowest BCUT2D eigenvalue weighted by Crippen LogP contribution is -2.13. The number of methoxy groups -OCH3 is 1. The van der Waals surface area contributed by atoms with E-state index in [4.69, 9.17) is 16.3 Å². The Hall–Kier alpha value is -3.16. The molecule has 0 unspecified atom stereocenters. The maximum atomic E-state index is 12.8. The first-order valence-electron chi connectivity index (χ1n) is 8.34. The van der Waals surface area contributed by atoms with E-state index in [1.165, 1.54) is 18.4 Å². The average Bonchev–Trinajstić information content (AvgIpc) is 3.40. The van der Waals surface area contributed by atoms with Crippen molar-refractivity contribution >= 4 is 34.0 Å². The molecule has 0 fully saturated rings. The van der Waals surface area contributed by atoms with Crippen LogP contribution in [0.25, 0.3) is 16.9 Å². The fraction of sp³-hybridized carbons (Fsp3) is 0.0500. The maximum absolute atomic E-state index is 12.8. The molecular formula is C20H15ClN4O2S. The van der Waals surface area contributed by atoms with Gasteiger partial charge in [0.25, 0.3) is 5.91 Å². The summed E-state index contributed by atoms with van der Waals surface area (Å²) in [4.78, 5) is 21.3. The number of rotatable bonds is 5. The van der Waals surface area contributed by atoms with Gasteiger partial charge in [-0.05, 0) is 30.3 Å². The predicted molar refractivity (Wildman–Crippen MR) is 111 cm³/mol. The summed E-state index contributed by atoms with van der Waals surface area (Å²) in [5.74, 6) is 0.0829. The van der Waals surface area contributed by atoms with Crippen LogP contribution in [0.3, 0.4) is 0 Å². The topological polar surface area (TPSA) is 69.0 Å². The molecule has 0 spiro atoms. The standard InChI is InChI=1S/C20H15ClN4O2S/c1-27-18-10-17(25-7-2-3-8-25)15(21)9-14(18)19(26)24-20-23-16(12-28-20)13-5-4-6-22-11-13/h2-12H,1H3,(H,23,24,26). The number of pyridine rings is 1. The molecule has 3 heterocycles. The van der Waals surface area contributed by atoms with Crippen molar-refractivity contribution in [3.05, 3.63) is 77.2 Å². The zero-order valence-corrected chi connectivity index (χ0v) is 16.4. The van der Waals surface area contributed by atoms with E-state index in [0.29, 0.717) is 21.5 Å². The van der Waals surface area contributed by atoms with Crippen molar-refractivity contribution in [1.29, 1.82) is 0 Å². The van der Waals surface area contributed by atoms with Crippen LogP contribution in [0, 0.1) is 0 Å². The number of hydrogen-bond donors (Lipinski definition) is 1. The molecule has 8 heteroatoms. The van der Waals surface area contributed by atoms with Gasteiger partial charge in [-0.25, -0.2) is 4.98 Å². The molecule has 6 nitrogen and oxygen atoms in total. The van der Waals surface area contributed by atoms with Crippen LogP contribution in [0.2, 0.25) is 5.02 Å². The minimum absolute atomic E-state index is 0.335. The quantitative estimate of drug-likeness (QED) is 0.507. The minimum Gasteiger partial charge on any atom is -0.496 e. The molecule has 1 aromatic carbocycles. The molecule has 140 valence electrons. The Kier molecular flexibility index (Phi) is 5.10. The Morgan fingerprint density at radius 1 is 1.25 bits per heavy atom. The van der Waals surface area contributed by atoms with E-state index in [1.54, 1.807) is 24.5 Å². The van der Waals surface area contributed by atoms with Gasteiger partial charge in [0.2, 0.25) is 0 Å². The van der Waals surface area contributed by atoms with Crippen molar-refractivity contribution in [1.82, 2.24) is 14.5 Å². The van der Waals surface area contributed by atoms with Gasteiger partial charge in [0, 0.05) is 41.8 Å². The molecule has 0 atom stereocenters. The fourth-order valence-electron chi connectivity index (χ4n) is 2.72.